The van der Waals surface area contributed by atoms with Crippen LogP contribution < -0.4 is 0 Å². The van der Waals surface area contributed by atoms with Crippen LogP contribution in [0.4, 0.5) is 0 Å². The summed E-state index contributed by atoms with van der Waals surface area (Å²) in [7, 11) is 0.412. The quantitative estimate of drug-likeness (QED) is 0.519. The summed E-state index contributed by atoms with van der Waals surface area (Å²) >= 11 is 0. The molecule has 0 aliphatic rings. The molecule has 0 atom stereocenters. The van der Waals surface area contributed by atoms with Crippen LogP contribution in [0, 0.1) is 0 Å². The lowest BCUT2D eigenvalue weighted by Crippen LogP contribution is -2.25. The molecule has 0 saturated heterocycles. The van der Waals surface area contributed by atoms with E-state index in [0.717, 1.165) is 0 Å². The second-order valence-corrected chi connectivity index (χ2v) is 6.26. The number of rotatable bonds is 2. The van der Waals surface area contributed by atoms with Crippen LogP contribution in [0.5, 0.6) is 0 Å². The van der Waals surface area contributed by atoms with Crippen molar-refractivity contribution in [3.63, 3.8) is 0 Å². The van der Waals surface area contributed by atoms with Gasteiger partial charge in [0.1, 0.15) is 0 Å². The van der Waals surface area contributed by atoms with Gasteiger partial charge in [-0.15, -0.1) is 0 Å². The smallest absolute Gasteiger partial charge is 0.210 e. The summed E-state index contributed by atoms with van der Waals surface area (Å²) in [5, 5.41) is 0. The van der Waals surface area contributed by atoms with Crippen molar-refractivity contribution in [3.8, 4) is 0 Å². The van der Waals surface area contributed by atoms with Gasteiger partial charge < -0.3 is 4.43 Å². The molecule has 0 aromatic heterocycles. The Kier molecular flexibility index (Phi) is 3.01. The fourth-order valence-electron chi connectivity index (χ4n) is 0.469. The van der Waals surface area contributed by atoms with Crippen LogP contribution in [-0.4, -0.2) is 15.4 Å². The second-order valence-electron chi connectivity index (χ2n) is 2.31. The fraction of sp³-hybridized carbons (Fsp3) is 0.667. The van der Waals surface area contributed by atoms with E-state index in [2.05, 4.69) is 24.9 Å². The van der Waals surface area contributed by atoms with E-state index in [4.69, 9.17) is 4.43 Å². The van der Waals surface area contributed by atoms with Gasteiger partial charge in [-0.05, 0) is 20.0 Å². The van der Waals surface area contributed by atoms with Gasteiger partial charge in [0.05, 0.1) is 0 Å². The van der Waals surface area contributed by atoms with E-state index in [-0.39, 0.29) is 0 Å². The third-order valence-corrected chi connectivity index (χ3v) is 3.28. The molecule has 0 aromatic carbocycles. The van der Waals surface area contributed by atoms with Crippen LogP contribution in [0.15, 0.2) is 11.8 Å². The van der Waals surface area contributed by atoms with E-state index in [9.17, 15) is 0 Å². The molecule has 1 nitrogen and oxygen atoms in total. The number of hydrogen-bond acceptors (Lipinski definition) is 1. The minimum Gasteiger partial charge on any atom is -0.417 e. The zero-order valence-electron chi connectivity index (χ0n) is 6.06. The van der Waals surface area contributed by atoms with Crippen LogP contribution >= 0.6 is 0 Å². The predicted octanol–water partition coefficient (Wildman–Crippen LogP) is 1.95. The highest BCUT2D eigenvalue weighted by Crippen LogP contribution is 2.02. The first-order chi connectivity index (χ1) is 3.62. The predicted molar refractivity (Wildman–Crippen MR) is 39.3 cm³/mol. The highest BCUT2D eigenvalue weighted by Gasteiger charge is 2.13. The molecule has 0 aliphatic carbocycles. The van der Waals surface area contributed by atoms with Crippen molar-refractivity contribution >= 4 is 8.32 Å². The van der Waals surface area contributed by atoms with Gasteiger partial charge in [0.25, 0.3) is 0 Å². The van der Waals surface area contributed by atoms with E-state index in [1.54, 1.807) is 7.11 Å². The Labute approximate surface area is 52.5 Å². The maximum Gasteiger partial charge on any atom is 0.210 e. The molecule has 0 radical (unpaired) electrons. The molecular formula is C6H14OSi. The molecule has 48 valence electrons. The summed E-state index contributed by atoms with van der Waals surface area (Å²) in [5.41, 5.74) is 2.16. The van der Waals surface area contributed by atoms with E-state index in [0.29, 0.717) is 0 Å². The summed E-state index contributed by atoms with van der Waals surface area (Å²) in [6, 6.07) is 0. The lowest BCUT2D eigenvalue weighted by atomic mass is 10.8. The Morgan fingerprint density at radius 1 is 1.38 bits per heavy atom. The van der Waals surface area contributed by atoms with E-state index in [1.165, 1.54) is 0 Å². The molecule has 0 rings (SSSR count). The van der Waals surface area contributed by atoms with Crippen molar-refractivity contribution in [1.29, 1.82) is 0 Å². The molecule has 0 bridgehead atoms. The van der Waals surface area contributed by atoms with Crippen molar-refractivity contribution < 1.29 is 4.43 Å². The maximum absolute atomic E-state index is 5.23. The summed E-state index contributed by atoms with van der Waals surface area (Å²) in [6.45, 7) is 6.34. The summed E-state index contributed by atoms with van der Waals surface area (Å²) in [4.78, 5) is 0. The highest BCUT2D eigenvalue weighted by atomic mass is 28.4. The van der Waals surface area contributed by atoms with E-state index >= 15 is 0 Å². The normalized spacial score (nSPS) is 13.0. The van der Waals surface area contributed by atoms with Crippen molar-refractivity contribution in [3.05, 3.63) is 11.8 Å². The Bertz CT molecular complexity index is 86.5. The largest absolute Gasteiger partial charge is 0.417 e. The Morgan fingerprint density at radius 2 is 1.88 bits per heavy atom. The van der Waals surface area contributed by atoms with Crippen LogP contribution in [0.3, 0.4) is 0 Å². The molecule has 0 amide bonds. The zero-order chi connectivity index (χ0) is 6.62. The van der Waals surface area contributed by atoms with Gasteiger partial charge >= 0.3 is 0 Å². The molecule has 0 aliphatic heterocycles. The Morgan fingerprint density at radius 3 is 2.00 bits per heavy atom. The molecule has 2 heteroatoms. The first-order valence-electron chi connectivity index (χ1n) is 2.81. The van der Waals surface area contributed by atoms with Crippen molar-refractivity contribution in [2.24, 2.45) is 0 Å². The van der Waals surface area contributed by atoms with Gasteiger partial charge in [0.15, 0.2) is 0 Å². The molecule has 0 N–H and O–H groups in total. The topological polar surface area (TPSA) is 9.23 Å². The lowest BCUT2D eigenvalue weighted by molar-refractivity contribution is 0.415. The zero-order valence-corrected chi connectivity index (χ0v) is 7.06. The van der Waals surface area contributed by atoms with Crippen LogP contribution in [0.2, 0.25) is 13.1 Å². The molecular weight excluding hydrogens is 116 g/mol. The maximum atomic E-state index is 5.23. The first kappa shape index (κ1) is 7.92. The van der Waals surface area contributed by atoms with Crippen LogP contribution in [-0.2, 0) is 4.43 Å². The first-order valence-corrected chi connectivity index (χ1v) is 5.80. The SMILES string of the molecule is CC=C[Si](C)(C)OC. The molecule has 8 heavy (non-hydrogen) atoms. The van der Waals surface area contributed by atoms with E-state index in [1.807, 2.05) is 6.92 Å². The molecule has 0 aromatic rings. The fourth-order valence-corrected chi connectivity index (χ4v) is 1.41. The minimum absolute atomic E-state index is 1.36. The Balaban J connectivity index is 3.71. The van der Waals surface area contributed by atoms with Gasteiger partial charge in [-0.25, -0.2) is 0 Å². The molecule has 0 spiro atoms. The average Bonchev–Trinajstić information content (AvgIpc) is 1.67. The van der Waals surface area contributed by atoms with Gasteiger partial charge in [-0.2, -0.15) is 0 Å². The highest BCUT2D eigenvalue weighted by molar-refractivity contribution is 6.76. The summed E-state index contributed by atoms with van der Waals surface area (Å²) < 4.78 is 5.23. The standard InChI is InChI=1S/C6H14OSi/c1-5-6-8(3,4)7-2/h5-6H,1-4H3. The monoisotopic (exact) mass is 130 g/mol. The van der Waals surface area contributed by atoms with Gasteiger partial charge in [-0.3, -0.25) is 0 Å². The van der Waals surface area contributed by atoms with Gasteiger partial charge in [-0.1, -0.05) is 11.8 Å². The molecule has 0 heterocycles. The van der Waals surface area contributed by atoms with Crippen molar-refractivity contribution in [1.82, 2.24) is 0 Å². The summed E-state index contributed by atoms with van der Waals surface area (Å²) in [5.74, 6) is 0. The third kappa shape index (κ3) is 2.99. The average molecular weight is 130 g/mol. The van der Waals surface area contributed by atoms with Crippen molar-refractivity contribution in [2.45, 2.75) is 20.0 Å². The second kappa shape index (κ2) is 3.05. The van der Waals surface area contributed by atoms with Gasteiger partial charge in [0.2, 0.25) is 8.32 Å². The number of hydrogen-bond donors (Lipinski definition) is 0. The summed E-state index contributed by atoms with van der Waals surface area (Å²) in [6.07, 6.45) is 2.05. The molecule has 0 saturated carbocycles. The lowest BCUT2D eigenvalue weighted by Gasteiger charge is -2.13. The Hall–Kier alpha value is -0.0831. The number of allylic oxidation sites excluding steroid dienone is 1. The van der Waals surface area contributed by atoms with Crippen LogP contribution in [0.25, 0.3) is 0 Å². The van der Waals surface area contributed by atoms with E-state index < -0.39 is 8.32 Å². The third-order valence-electron chi connectivity index (χ3n) is 1.09. The molecule has 0 unspecified atom stereocenters. The van der Waals surface area contributed by atoms with Gasteiger partial charge in [0, 0.05) is 7.11 Å². The molecule has 0 fully saturated rings. The van der Waals surface area contributed by atoms with Crippen LogP contribution in [0.1, 0.15) is 6.92 Å². The van der Waals surface area contributed by atoms with Crippen molar-refractivity contribution in [2.75, 3.05) is 7.11 Å². The minimum atomic E-state index is -1.36.